The van der Waals surface area contributed by atoms with E-state index in [-0.39, 0.29) is 5.91 Å². The van der Waals surface area contributed by atoms with Crippen LogP contribution in [0.4, 0.5) is 0 Å². The van der Waals surface area contributed by atoms with Crippen molar-refractivity contribution >= 4 is 5.91 Å². The maximum absolute atomic E-state index is 12.3. The second-order valence-corrected chi connectivity index (χ2v) is 5.56. The first-order chi connectivity index (χ1) is 10.5. The molecule has 0 heterocycles. The highest BCUT2D eigenvalue weighted by Gasteiger charge is 2.36. The van der Waals surface area contributed by atoms with Gasteiger partial charge < -0.3 is 25.3 Å². The molecule has 1 aliphatic rings. The Kier molecular flexibility index (Phi) is 5.13. The zero-order chi connectivity index (χ0) is 16.2. The molecule has 0 aliphatic heterocycles. The van der Waals surface area contributed by atoms with Gasteiger partial charge in [-0.2, -0.15) is 0 Å². The number of carbonyl (C=O) groups is 1. The topological polar surface area (TPSA) is 82.8 Å². The molecule has 0 unspecified atom stereocenters. The summed E-state index contributed by atoms with van der Waals surface area (Å²) in [6, 6.07) is 3.52. The highest BCUT2D eigenvalue weighted by molar-refractivity contribution is 5.86. The van der Waals surface area contributed by atoms with E-state index in [1.165, 1.54) is 0 Å². The summed E-state index contributed by atoms with van der Waals surface area (Å²) in [6.07, 6.45) is 3.46. The lowest BCUT2D eigenvalue weighted by molar-refractivity contribution is -0.126. The number of carbonyl (C=O) groups excluding carboxylic acids is 1. The molecule has 0 saturated heterocycles. The summed E-state index contributed by atoms with van der Waals surface area (Å²) in [7, 11) is 4.72. The van der Waals surface area contributed by atoms with E-state index in [1.54, 1.807) is 33.5 Å². The molecule has 1 amide bonds. The molecule has 1 aromatic rings. The lowest BCUT2D eigenvalue weighted by atomic mass is 9.98. The fourth-order valence-electron chi connectivity index (χ4n) is 2.83. The molecule has 22 heavy (non-hydrogen) atoms. The van der Waals surface area contributed by atoms with Gasteiger partial charge >= 0.3 is 0 Å². The average Bonchev–Trinajstić information content (AvgIpc) is 2.99. The zero-order valence-corrected chi connectivity index (χ0v) is 13.4. The van der Waals surface area contributed by atoms with E-state index in [0.29, 0.717) is 23.8 Å². The van der Waals surface area contributed by atoms with Crippen molar-refractivity contribution in [3.8, 4) is 17.2 Å². The normalized spacial score (nSPS) is 16.2. The Bertz CT molecular complexity index is 514. The van der Waals surface area contributed by atoms with E-state index in [0.717, 1.165) is 31.2 Å². The molecule has 1 fully saturated rings. The molecule has 0 aromatic heterocycles. The first kappa shape index (κ1) is 16.4. The summed E-state index contributed by atoms with van der Waals surface area (Å²) < 4.78 is 16.0. The van der Waals surface area contributed by atoms with Crippen molar-refractivity contribution in [1.29, 1.82) is 0 Å². The highest BCUT2D eigenvalue weighted by atomic mass is 16.5. The Morgan fingerprint density at radius 2 is 1.68 bits per heavy atom. The van der Waals surface area contributed by atoms with Crippen molar-refractivity contribution in [2.45, 2.75) is 37.8 Å². The quantitative estimate of drug-likeness (QED) is 0.834. The Hall–Kier alpha value is -1.95. The molecular weight excluding hydrogens is 284 g/mol. The number of hydrogen-bond acceptors (Lipinski definition) is 5. The van der Waals surface area contributed by atoms with Crippen LogP contribution >= 0.6 is 0 Å². The van der Waals surface area contributed by atoms with E-state index in [4.69, 9.17) is 19.9 Å². The second-order valence-electron chi connectivity index (χ2n) is 5.56. The number of amides is 1. The van der Waals surface area contributed by atoms with Crippen LogP contribution in [0.25, 0.3) is 0 Å². The minimum absolute atomic E-state index is 0.120. The third-order valence-corrected chi connectivity index (χ3v) is 4.19. The van der Waals surface area contributed by atoms with E-state index >= 15 is 0 Å². The third-order valence-electron chi connectivity index (χ3n) is 4.19. The molecule has 1 aromatic carbocycles. The smallest absolute Gasteiger partial charge is 0.240 e. The molecule has 6 nitrogen and oxygen atoms in total. The fraction of sp³-hybridized carbons (Fsp3) is 0.562. The molecule has 0 radical (unpaired) electrons. The SMILES string of the molecule is COc1cc(OC)c(CNC(=O)C2(N)CCCC2)c(OC)c1. The van der Waals surface area contributed by atoms with Crippen LogP contribution in [0.2, 0.25) is 0 Å². The minimum atomic E-state index is -0.743. The maximum atomic E-state index is 12.3. The first-order valence-electron chi connectivity index (χ1n) is 7.40. The summed E-state index contributed by atoms with van der Waals surface area (Å²) in [5.74, 6) is 1.72. The van der Waals surface area contributed by atoms with Crippen LogP contribution in [0, 0.1) is 0 Å². The number of methoxy groups -OCH3 is 3. The highest BCUT2D eigenvalue weighted by Crippen LogP contribution is 2.34. The zero-order valence-electron chi connectivity index (χ0n) is 13.4. The van der Waals surface area contributed by atoms with Crippen LogP contribution in [0.1, 0.15) is 31.2 Å². The Morgan fingerprint density at radius 3 is 2.14 bits per heavy atom. The standard InChI is InChI=1S/C16H24N2O4/c1-20-11-8-13(21-2)12(14(9-11)22-3)10-18-15(19)16(17)6-4-5-7-16/h8-9H,4-7,10,17H2,1-3H3,(H,18,19). The van der Waals surface area contributed by atoms with Crippen molar-refractivity contribution in [3.63, 3.8) is 0 Å². The predicted octanol–water partition coefficient (Wildman–Crippen LogP) is 1.60. The summed E-state index contributed by atoms with van der Waals surface area (Å²) in [4.78, 5) is 12.3. The van der Waals surface area contributed by atoms with Crippen molar-refractivity contribution in [2.24, 2.45) is 5.73 Å². The van der Waals surface area contributed by atoms with Crippen molar-refractivity contribution in [1.82, 2.24) is 5.32 Å². The molecule has 0 bridgehead atoms. The molecule has 0 spiro atoms. The Balaban J connectivity index is 2.16. The Labute approximate surface area is 130 Å². The largest absolute Gasteiger partial charge is 0.496 e. The van der Waals surface area contributed by atoms with Crippen molar-refractivity contribution in [2.75, 3.05) is 21.3 Å². The van der Waals surface area contributed by atoms with Crippen LogP contribution in [0.5, 0.6) is 17.2 Å². The van der Waals surface area contributed by atoms with Crippen molar-refractivity contribution in [3.05, 3.63) is 17.7 Å². The van der Waals surface area contributed by atoms with E-state index < -0.39 is 5.54 Å². The van der Waals surface area contributed by atoms with Crippen LogP contribution in [0.3, 0.4) is 0 Å². The predicted molar refractivity (Wildman–Crippen MR) is 83.3 cm³/mol. The number of rotatable bonds is 6. The third kappa shape index (κ3) is 3.27. The number of nitrogens with two attached hydrogens (primary N) is 1. The summed E-state index contributed by atoms with van der Waals surface area (Å²) in [5, 5.41) is 2.90. The lowest BCUT2D eigenvalue weighted by Gasteiger charge is -2.23. The van der Waals surface area contributed by atoms with Gasteiger partial charge in [0.15, 0.2) is 0 Å². The lowest BCUT2D eigenvalue weighted by Crippen LogP contribution is -2.51. The van der Waals surface area contributed by atoms with E-state index in [2.05, 4.69) is 5.32 Å². The van der Waals surface area contributed by atoms with Crippen molar-refractivity contribution < 1.29 is 19.0 Å². The van der Waals surface area contributed by atoms with Gasteiger partial charge in [0.25, 0.3) is 0 Å². The van der Waals surface area contributed by atoms with Gasteiger partial charge in [0.2, 0.25) is 5.91 Å². The Morgan fingerprint density at radius 1 is 1.14 bits per heavy atom. The molecule has 1 aliphatic carbocycles. The first-order valence-corrected chi connectivity index (χ1v) is 7.40. The van der Waals surface area contributed by atoms with Gasteiger partial charge in [0, 0.05) is 12.1 Å². The monoisotopic (exact) mass is 308 g/mol. The summed E-state index contributed by atoms with van der Waals surface area (Å²) in [5.41, 5.74) is 6.18. The number of hydrogen-bond donors (Lipinski definition) is 2. The van der Waals surface area contributed by atoms with Gasteiger partial charge in [0.05, 0.1) is 39.0 Å². The van der Waals surface area contributed by atoms with Crippen LogP contribution in [-0.4, -0.2) is 32.8 Å². The number of ether oxygens (including phenoxy) is 3. The van der Waals surface area contributed by atoms with E-state index in [9.17, 15) is 4.79 Å². The summed E-state index contributed by atoms with van der Waals surface area (Å²) in [6.45, 7) is 0.300. The second kappa shape index (κ2) is 6.87. The van der Waals surface area contributed by atoms with Crippen LogP contribution in [0.15, 0.2) is 12.1 Å². The van der Waals surface area contributed by atoms with Gasteiger partial charge in [-0.1, -0.05) is 12.8 Å². The molecule has 0 atom stereocenters. The summed E-state index contributed by atoms with van der Waals surface area (Å²) >= 11 is 0. The molecule has 6 heteroatoms. The van der Waals surface area contributed by atoms with E-state index in [1.807, 2.05) is 0 Å². The van der Waals surface area contributed by atoms with Gasteiger partial charge in [-0.25, -0.2) is 0 Å². The number of benzene rings is 1. The number of nitrogens with one attached hydrogen (secondary N) is 1. The van der Waals surface area contributed by atoms with Gasteiger partial charge in [-0.15, -0.1) is 0 Å². The molecule has 2 rings (SSSR count). The van der Waals surface area contributed by atoms with Gasteiger partial charge in [0.1, 0.15) is 17.2 Å². The maximum Gasteiger partial charge on any atom is 0.240 e. The van der Waals surface area contributed by atoms with Gasteiger partial charge in [-0.05, 0) is 12.8 Å². The van der Waals surface area contributed by atoms with Crippen LogP contribution in [-0.2, 0) is 11.3 Å². The van der Waals surface area contributed by atoms with Gasteiger partial charge in [-0.3, -0.25) is 4.79 Å². The average molecular weight is 308 g/mol. The van der Waals surface area contributed by atoms with Crippen LogP contribution < -0.4 is 25.3 Å². The molecular formula is C16H24N2O4. The molecule has 3 N–H and O–H groups in total. The fourth-order valence-corrected chi connectivity index (χ4v) is 2.83. The molecule has 1 saturated carbocycles. The minimum Gasteiger partial charge on any atom is -0.496 e. The molecule has 122 valence electrons.